The molecule has 1 N–H and O–H groups in total. The Hall–Kier alpha value is -3.05. The Bertz CT molecular complexity index is 1200. The molecule has 0 aromatic heterocycles. The smallest absolute Gasteiger partial charge is 0.303 e. The van der Waals surface area contributed by atoms with E-state index >= 15 is 0 Å². The molecule has 35 heavy (non-hydrogen) atoms. The van der Waals surface area contributed by atoms with Crippen LogP contribution < -0.4 is 13.2 Å². The Labute approximate surface area is 207 Å². The lowest BCUT2D eigenvalue weighted by Crippen LogP contribution is -2.36. The standard InChI is InChI=1S/C24H31NO8S2/c1-32-20-14-12-19(13-15-20)9-6-4-5-7-18-33-23-11-8-10-22(21(23)16-17-24(26)27)25(34(2,28)29)35(3,30)31/h6,8-15H,4-5,7,16-18H2,1-3H3,(H,26,27)/b9-6+. The van der Waals surface area contributed by atoms with E-state index in [1.54, 1.807) is 13.2 Å². The number of rotatable bonds is 14. The normalized spacial score (nSPS) is 12.0. The second kappa shape index (κ2) is 12.6. The van der Waals surface area contributed by atoms with Gasteiger partial charge in [0.05, 0.1) is 31.9 Å². The molecule has 0 aliphatic carbocycles. The molecule has 2 rings (SSSR count). The highest BCUT2D eigenvalue weighted by Gasteiger charge is 2.30. The van der Waals surface area contributed by atoms with Crippen LogP contribution >= 0.6 is 0 Å². The van der Waals surface area contributed by atoms with Gasteiger partial charge in [0.1, 0.15) is 11.5 Å². The average Bonchev–Trinajstić information content (AvgIpc) is 2.76. The summed E-state index contributed by atoms with van der Waals surface area (Å²) in [6, 6.07) is 12.1. The monoisotopic (exact) mass is 525 g/mol. The first kappa shape index (κ1) is 28.2. The Kier molecular flexibility index (Phi) is 10.1. The lowest BCUT2D eigenvalue weighted by Gasteiger charge is -2.24. The number of hydrogen-bond acceptors (Lipinski definition) is 7. The number of sulfonamides is 2. The fourth-order valence-corrected chi connectivity index (χ4v) is 6.45. The van der Waals surface area contributed by atoms with E-state index in [4.69, 9.17) is 14.6 Å². The molecule has 9 nitrogen and oxygen atoms in total. The maximum absolute atomic E-state index is 12.3. The molecular formula is C24H31NO8S2. The summed E-state index contributed by atoms with van der Waals surface area (Å²) in [6.07, 6.45) is 7.56. The fraction of sp³-hybridized carbons (Fsp3) is 0.375. The molecule has 0 saturated heterocycles. The lowest BCUT2D eigenvalue weighted by molar-refractivity contribution is -0.136. The molecular weight excluding hydrogens is 494 g/mol. The number of nitrogens with zero attached hydrogens (tertiary/aromatic N) is 1. The van der Waals surface area contributed by atoms with Gasteiger partial charge in [0.2, 0.25) is 20.0 Å². The summed E-state index contributed by atoms with van der Waals surface area (Å²) in [5, 5.41) is 9.12. The van der Waals surface area contributed by atoms with Crippen molar-refractivity contribution >= 4 is 37.8 Å². The van der Waals surface area contributed by atoms with E-state index in [-0.39, 0.29) is 29.8 Å². The molecule has 11 heteroatoms. The molecule has 0 heterocycles. The molecule has 0 bridgehead atoms. The van der Waals surface area contributed by atoms with Crippen LogP contribution in [0.15, 0.2) is 48.5 Å². The zero-order chi connectivity index (χ0) is 26.1. The van der Waals surface area contributed by atoms with Crippen LogP contribution in [0.25, 0.3) is 6.08 Å². The van der Waals surface area contributed by atoms with E-state index in [9.17, 15) is 21.6 Å². The Morgan fingerprint density at radius 2 is 1.66 bits per heavy atom. The number of carboxylic acids is 1. The van der Waals surface area contributed by atoms with Gasteiger partial charge in [-0.2, -0.15) is 3.71 Å². The number of ether oxygens (including phenoxy) is 2. The first-order valence-electron chi connectivity index (χ1n) is 10.9. The van der Waals surface area contributed by atoms with Crippen LogP contribution in [0, 0.1) is 0 Å². The van der Waals surface area contributed by atoms with E-state index in [0.29, 0.717) is 16.7 Å². The van der Waals surface area contributed by atoms with Gasteiger partial charge in [0.25, 0.3) is 0 Å². The number of hydrogen-bond donors (Lipinski definition) is 1. The molecule has 0 aliphatic rings. The number of anilines is 1. The van der Waals surface area contributed by atoms with E-state index < -0.39 is 26.0 Å². The summed E-state index contributed by atoms with van der Waals surface area (Å²) in [5.41, 5.74) is 1.14. The Morgan fingerprint density at radius 3 is 2.23 bits per heavy atom. The maximum atomic E-state index is 12.3. The first-order chi connectivity index (χ1) is 16.4. The predicted molar refractivity (Wildman–Crippen MR) is 136 cm³/mol. The van der Waals surface area contributed by atoms with Crippen LogP contribution in [0.3, 0.4) is 0 Å². The van der Waals surface area contributed by atoms with Gasteiger partial charge in [-0.15, -0.1) is 0 Å². The summed E-state index contributed by atoms with van der Waals surface area (Å²) < 4.78 is 60.3. The minimum absolute atomic E-state index is 0.0903. The second-order valence-corrected chi connectivity index (χ2v) is 11.8. The first-order valence-corrected chi connectivity index (χ1v) is 14.6. The number of unbranched alkanes of at least 4 members (excludes halogenated alkanes) is 2. The molecule has 0 fully saturated rings. The largest absolute Gasteiger partial charge is 0.497 e. The number of carboxylic acid groups (broad SMARTS) is 1. The molecule has 0 saturated carbocycles. The number of allylic oxidation sites excluding steroid dienone is 1. The SMILES string of the molecule is COc1ccc(/C=C/CCCCOc2cccc(N(S(C)(=O)=O)S(C)(=O)=O)c2CCC(=O)O)cc1. The van der Waals surface area contributed by atoms with Crippen molar-refractivity contribution in [1.29, 1.82) is 0 Å². The van der Waals surface area contributed by atoms with Crippen LogP contribution in [-0.4, -0.2) is 54.1 Å². The van der Waals surface area contributed by atoms with Crippen molar-refractivity contribution in [1.82, 2.24) is 0 Å². The van der Waals surface area contributed by atoms with Gasteiger partial charge in [-0.25, -0.2) is 16.8 Å². The van der Waals surface area contributed by atoms with Crippen molar-refractivity contribution in [3.63, 3.8) is 0 Å². The number of carbonyl (C=O) groups is 1. The third-order valence-electron chi connectivity index (χ3n) is 4.95. The molecule has 0 atom stereocenters. The maximum Gasteiger partial charge on any atom is 0.303 e. The van der Waals surface area contributed by atoms with Crippen LogP contribution in [-0.2, 0) is 31.3 Å². The zero-order valence-corrected chi connectivity index (χ0v) is 21.6. The van der Waals surface area contributed by atoms with Crippen LogP contribution in [0.4, 0.5) is 5.69 Å². The topological polar surface area (TPSA) is 127 Å². The summed E-state index contributed by atoms with van der Waals surface area (Å²) in [4.78, 5) is 11.2. The van der Waals surface area contributed by atoms with Crippen LogP contribution in [0.2, 0.25) is 0 Å². The van der Waals surface area contributed by atoms with Crippen molar-refractivity contribution < 1.29 is 36.2 Å². The van der Waals surface area contributed by atoms with Gasteiger partial charge in [0.15, 0.2) is 0 Å². The van der Waals surface area contributed by atoms with Crippen molar-refractivity contribution in [3.05, 3.63) is 59.7 Å². The second-order valence-electron chi connectivity index (χ2n) is 7.89. The minimum Gasteiger partial charge on any atom is -0.497 e. The van der Waals surface area contributed by atoms with Crippen molar-refractivity contribution in [2.24, 2.45) is 0 Å². The summed E-state index contributed by atoms with van der Waals surface area (Å²) in [7, 11) is -6.76. The Balaban J connectivity index is 2.08. The van der Waals surface area contributed by atoms with Crippen LogP contribution in [0.1, 0.15) is 36.8 Å². The van der Waals surface area contributed by atoms with Gasteiger partial charge in [0, 0.05) is 12.0 Å². The van der Waals surface area contributed by atoms with Crippen LogP contribution in [0.5, 0.6) is 11.5 Å². The number of methoxy groups -OCH3 is 1. The molecule has 192 valence electrons. The van der Waals surface area contributed by atoms with Gasteiger partial charge >= 0.3 is 5.97 Å². The van der Waals surface area contributed by atoms with E-state index in [1.807, 2.05) is 30.3 Å². The van der Waals surface area contributed by atoms with Crippen molar-refractivity contribution in [2.75, 3.05) is 29.9 Å². The van der Waals surface area contributed by atoms with Gasteiger partial charge < -0.3 is 14.6 Å². The summed E-state index contributed by atoms with van der Waals surface area (Å²) in [6.45, 7) is 0.303. The van der Waals surface area contributed by atoms with E-state index in [1.165, 1.54) is 12.1 Å². The lowest BCUT2D eigenvalue weighted by atomic mass is 10.1. The average molecular weight is 526 g/mol. The molecule has 0 aliphatic heterocycles. The molecule has 2 aromatic rings. The van der Waals surface area contributed by atoms with Gasteiger partial charge in [-0.05, 0) is 55.5 Å². The van der Waals surface area contributed by atoms with E-state index in [0.717, 1.165) is 36.7 Å². The highest BCUT2D eigenvalue weighted by molar-refractivity contribution is 8.09. The highest BCUT2D eigenvalue weighted by Crippen LogP contribution is 2.34. The highest BCUT2D eigenvalue weighted by atomic mass is 32.3. The Morgan fingerprint density at radius 1 is 1.00 bits per heavy atom. The number of aliphatic carboxylic acids is 1. The number of benzene rings is 2. The van der Waals surface area contributed by atoms with E-state index in [2.05, 4.69) is 6.08 Å². The summed E-state index contributed by atoms with van der Waals surface area (Å²) >= 11 is 0. The molecule has 0 spiro atoms. The molecule has 0 unspecified atom stereocenters. The predicted octanol–water partition coefficient (Wildman–Crippen LogP) is 3.70. The quantitative estimate of drug-likeness (QED) is 0.370. The van der Waals surface area contributed by atoms with Crippen molar-refractivity contribution in [3.8, 4) is 11.5 Å². The van der Waals surface area contributed by atoms with Gasteiger partial charge in [-0.1, -0.05) is 30.4 Å². The third kappa shape index (κ3) is 8.91. The molecule has 0 amide bonds. The molecule has 2 aromatic carbocycles. The van der Waals surface area contributed by atoms with Crippen molar-refractivity contribution in [2.45, 2.75) is 32.1 Å². The third-order valence-corrected chi connectivity index (χ3v) is 8.17. The molecule has 0 radical (unpaired) electrons. The zero-order valence-electron chi connectivity index (χ0n) is 20.0. The van der Waals surface area contributed by atoms with Gasteiger partial charge in [-0.3, -0.25) is 4.79 Å². The minimum atomic E-state index is -4.19. The fourth-order valence-electron chi connectivity index (χ4n) is 3.43. The summed E-state index contributed by atoms with van der Waals surface area (Å²) in [5.74, 6) is -0.0447.